The Bertz CT molecular complexity index is 354. The molecule has 0 aliphatic heterocycles. The molecule has 13 heavy (non-hydrogen) atoms. The van der Waals surface area contributed by atoms with Gasteiger partial charge in [-0.25, -0.2) is 0 Å². The van der Waals surface area contributed by atoms with Crippen LogP contribution >= 0.6 is 12.4 Å². The summed E-state index contributed by atoms with van der Waals surface area (Å²) in [6.45, 7) is 0. The van der Waals surface area contributed by atoms with Gasteiger partial charge in [0.25, 0.3) is 0 Å². The van der Waals surface area contributed by atoms with E-state index in [-0.39, 0.29) is 18.4 Å². The van der Waals surface area contributed by atoms with Crippen molar-refractivity contribution in [3.05, 3.63) is 34.9 Å². The van der Waals surface area contributed by atoms with E-state index in [1.54, 1.807) is 0 Å². The van der Waals surface area contributed by atoms with Crippen LogP contribution in [0.15, 0.2) is 18.2 Å². The molecule has 0 radical (unpaired) electrons. The van der Waals surface area contributed by atoms with Crippen LogP contribution in [0.3, 0.4) is 0 Å². The Morgan fingerprint density at radius 1 is 1.46 bits per heavy atom. The fraction of sp³-hybridized carbons (Fsp3) is 0.300. The van der Waals surface area contributed by atoms with Crippen molar-refractivity contribution in [2.24, 2.45) is 5.73 Å². The SMILES string of the molecule is Cl.N#Cc1cccc2c1CC[C@@H]2N. The highest BCUT2D eigenvalue weighted by Crippen LogP contribution is 2.30. The molecule has 0 bridgehead atoms. The minimum Gasteiger partial charge on any atom is -0.324 e. The predicted molar refractivity (Wildman–Crippen MR) is 53.7 cm³/mol. The smallest absolute Gasteiger partial charge is 0.0994 e. The lowest BCUT2D eigenvalue weighted by Gasteiger charge is -2.03. The molecule has 0 amide bonds. The van der Waals surface area contributed by atoms with Gasteiger partial charge in [-0.1, -0.05) is 12.1 Å². The van der Waals surface area contributed by atoms with Crippen molar-refractivity contribution in [3.8, 4) is 6.07 Å². The number of rotatable bonds is 0. The number of benzene rings is 1. The monoisotopic (exact) mass is 194 g/mol. The molecule has 1 aromatic rings. The van der Waals surface area contributed by atoms with Gasteiger partial charge >= 0.3 is 0 Å². The summed E-state index contributed by atoms with van der Waals surface area (Å²) in [6.07, 6.45) is 1.94. The van der Waals surface area contributed by atoms with Crippen LogP contribution in [-0.4, -0.2) is 0 Å². The maximum Gasteiger partial charge on any atom is 0.0994 e. The molecule has 0 aromatic heterocycles. The summed E-state index contributed by atoms with van der Waals surface area (Å²) in [6, 6.07) is 8.12. The summed E-state index contributed by atoms with van der Waals surface area (Å²) in [5, 5.41) is 8.80. The van der Waals surface area contributed by atoms with Gasteiger partial charge in [-0.05, 0) is 30.0 Å². The first-order chi connectivity index (χ1) is 5.83. The standard InChI is InChI=1S/C10H10N2.ClH/c11-6-7-2-1-3-9-8(7)4-5-10(9)12;/h1-3,10H,4-5,12H2;1H/t10-;/m0./s1. The molecular formula is C10H11ClN2. The maximum absolute atomic E-state index is 8.80. The van der Waals surface area contributed by atoms with E-state index in [1.807, 2.05) is 18.2 Å². The summed E-state index contributed by atoms with van der Waals surface area (Å²) in [7, 11) is 0. The molecular weight excluding hydrogens is 184 g/mol. The number of hydrogen-bond donors (Lipinski definition) is 1. The Balaban J connectivity index is 0.000000845. The lowest BCUT2D eigenvalue weighted by Crippen LogP contribution is -2.04. The molecule has 1 atom stereocenters. The third-order valence-electron chi connectivity index (χ3n) is 2.44. The molecule has 1 aliphatic carbocycles. The van der Waals surface area contributed by atoms with Crippen molar-refractivity contribution < 1.29 is 0 Å². The normalized spacial score (nSPS) is 18.6. The van der Waals surface area contributed by atoms with Crippen LogP contribution in [0.25, 0.3) is 0 Å². The fourth-order valence-electron chi connectivity index (χ4n) is 1.79. The number of hydrogen-bond acceptors (Lipinski definition) is 2. The Morgan fingerprint density at radius 2 is 2.23 bits per heavy atom. The van der Waals surface area contributed by atoms with Crippen LogP contribution in [0, 0.1) is 11.3 Å². The molecule has 2 rings (SSSR count). The maximum atomic E-state index is 8.80. The Morgan fingerprint density at radius 3 is 2.92 bits per heavy atom. The Hall–Kier alpha value is -1.04. The summed E-state index contributed by atoms with van der Waals surface area (Å²) >= 11 is 0. The predicted octanol–water partition coefficient (Wildman–Crippen LogP) is 1.93. The largest absolute Gasteiger partial charge is 0.324 e. The lowest BCUT2D eigenvalue weighted by molar-refractivity contribution is 0.713. The second-order valence-corrected chi connectivity index (χ2v) is 3.13. The number of nitrogens with two attached hydrogens (primary N) is 1. The Kier molecular flexibility index (Phi) is 2.92. The van der Waals surface area contributed by atoms with Crippen molar-refractivity contribution in [1.82, 2.24) is 0 Å². The molecule has 0 fully saturated rings. The second-order valence-electron chi connectivity index (χ2n) is 3.13. The zero-order chi connectivity index (χ0) is 8.55. The Labute approximate surface area is 83.8 Å². The average molecular weight is 195 g/mol. The minimum absolute atomic E-state index is 0. The van der Waals surface area contributed by atoms with E-state index in [2.05, 4.69) is 6.07 Å². The zero-order valence-corrected chi connectivity index (χ0v) is 7.97. The third kappa shape index (κ3) is 1.53. The zero-order valence-electron chi connectivity index (χ0n) is 7.16. The van der Waals surface area contributed by atoms with Crippen molar-refractivity contribution in [1.29, 1.82) is 5.26 Å². The topological polar surface area (TPSA) is 49.8 Å². The first-order valence-corrected chi connectivity index (χ1v) is 4.10. The summed E-state index contributed by atoms with van der Waals surface area (Å²) in [5.41, 5.74) is 8.97. The van der Waals surface area contributed by atoms with Crippen LogP contribution in [-0.2, 0) is 6.42 Å². The fourth-order valence-corrected chi connectivity index (χ4v) is 1.79. The number of nitrogens with zero attached hydrogens (tertiary/aromatic N) is 1. The average Bonchev–Trinajstić information content (AvgIpc) is 2.48. The van der Waals surface area contributed by atoms with Crippen LogP contribution in [0.1, 0.15) is 29.2 Å². The van der Waals surface area contributed by atoms with Gasteiger partial charge in [-0.3, -0.25) is 0 Å². The van der Waals surface area contributed by atoms with E-state index in [1.165, 1.54) is 0 Å². The van der Waals surface area contributed by atoms with E-state index in [9.17, 15) is 0 Å². The minimum atomic E-state index is 0. The van der Waals surface area contributed by atoms with Crippen LogP contribution in [0.2, 0.25) is 0 Å². The summed E-state index contributed by atoms with van der Waals surface area (Å²) in [5.74, 6) is 0. The molecule has 0 unspecified atom stereocenters. The van der Waals surface area contributed by atoms with Gasteiger partial charge in [-0.2, -0.15) is 5.26 Å². The van der Waals surface area contributed by atoms with Gasteiger partial charge in [0, 0.05) is 6.04 Å². The second kappa shape index (κ2) is 3.78. The number of nitriles is 1. The molecule has 2 N–H and O–H groups in total. The highest BCUT2D eigenvalue weighted by Gasteiger charge is 2.20. The molecule has 0 saturated heterocycles. The van der Waals surface area contributed by atoms with E-state index in [0.29, 0.717) is 0 Å². The van der Waals surface area contributed by atoms with Crippen molar-refractivity contribution in [3.63, 3.8) is 0 Å². The lowest BCUT2D eigenvalue weighted by atomic mass is 10.0. The van der Waals surface area contributed by atoms with Crippen LogP contribution in [0.4, 0.5) is 0 Å². The van der Waals surface area contributed by atoms with Gasteiger partial charge in [0.1, 0.15) is 0 Å². The molecule has 3 heteroatoms. The number of halogens is 1. The van der Waals surface area contributed by atoms with Crippen LogP contribution < -0.4 is 5.73 Å². The molecule has 0 spiro atoms. The highest BCUT2D eigenvalue weighted by molar-refractivity contribution is 5.85. The molecule has 0 heterocycles. The first-order valence-electron chi connectivity index (χ1n) is 4.10. The molecule has 0 saturated carbocycles. The van der Waals surface area contributed by atoms with Gasteiger partial charge in [0.05, 0.1) is 11.6 Å². The first kappa shape index (κ1) is 10.0. The molecule has 68 valence electrons. The van der Waals surface area contributed by atoms with Crippen LogP contribution in [0.5, 0.6) is 0 Å². The van der Waals surface area contributed by atoms with E-state index in [4.69, 9.17) is 11.0 Å². The van der Waals surface area contributed by atoms with E-state index >= 15 is 0 Å². The van der Waals surface area contributed by atoms with E-state index < -0.39 is 0 Å². The van der Waals surface area contributed by atoms with Gasteiger partial charge < -0.3 is 5.73 Å². The molecule has 1 aromatic carbocycles. The summed E-state index contributed by atoms with van der Waals surface area (Å²) in [4.78, 5) is 0. The number of fused-ring (bicyclic) bond motifs is 1. The van der Waals surface area contributed by atoms with Crippen molar-refractivity contribution in [2.75, 3.05) is 0 Å². The summed E-state index contributed by atoms with van der Waals surface area (Å²) < 4.78 is 0. The molecule has 2 nitrogen and oxygen atoms in total. The van der Waals surface area contributed by atoms with Gasteiger partial charge in [-0.15, -0.1) is 12.4 Å². The quantitative estimate of drug-likeness (QED) is 0.686. The van der Waals surface area contributed by atoms with Gasteiger partial charge in [0.2, 0.25) is 0 Å². The molecule has 1 aliphatic rings. The third-order valence-corrected chi connectivity index (χ3v) is 2.44. The van der Waals surface area contributed by atoms with E-state index in [0.717, 1.165) is 29.5 Å². The van der Waals surface area contributed by atoms with Crippen molar-refractivity contribution >= 4 is 12.4 Å². The van der Waals surface area contributed by atoms with Crippen molar-refractivity contribution in [2.45, 2.75) is 18.9 Å². The van der Waals surface area contributed by atoms with Gasteiger partial charge in [0.15, 0.2) is 0 Å². The highest BCUT2D eigenvalue weighted by atomic mass is 35.5.